The molecule has 0 saturated carbocycles. The number of hydrogen-bond acceptors (Lipinski definition) is 3. The highest BCUT2D eigenvalue weighted by atomic mass is 16.5. The minimum absolute atomic E-state index is 0.0669. The number of ether oxygens (including phenoxy) is 1. The van der Waals surface area contributed by atoms with Gasteiger partial charge >= 0.3 is 0 Å². The number of fused-ring (bicyclic) bond motifs is 1. The Hall–Kier alpha value is -3.08. The molecule has 0 unspecified atom stereocenters. The summed E-state index contributed by atoms with van der Waals surface area (Å²) in [6.45, 7) is 3.10. The molecule has 0 aliphatic carbocycles. The molecule has 1 aliphatic rings. The maximum Gasteiger partial charge on any atom is 0.255 e. The Morgan fingerprint density at radius 3 is 2.84 bits per heavy atom. The second-order valence-electron chi connectivity index (χ2n) is 6.17. The minimum atomic E-state index is -0.0669. The SMILES string of the molecule is Cc1cc2c(cc1Cc1ccc(-n3cccn3)cc1)C(=O)NCCO2. The van der Waals surface area contributed by atoms with Crippen molar-refractivity contribution in [3.05, 3.63) is 77.1 Å². The zero-order valence-corrected chi connectivity index (χ0v) is 14.0. The topological polar surface area (TPSA) is 56.2 Å². The zero-order chi connectivity index (χ0) is 17.2. The van der Waals surface area contributed by atoms with Crippen molar-refractivity contribution < 1.29 is 9.53 Å². The molecule has 0 saturated heterocycles. The average Bonchev–Trinajstić information content (AvgIpc) is 3.10. The maximum atomic E-state index is 12.2. The van der Waals surface area contributed by atoms with E-state index >= 15 is 0 Å². The third-order valence-corrected chi connectivity index (χ3v) is 4.43. The van der Waals surface area contributed by atoms with Gasteiger partial charge in [0.1, 0.15) is 12.4 Å². The summed E-state index contributed by atoms with van der Waals surface area (Å²) in [5.41, 5.74) is 5.09. The van der Waals surface area contributed by atoms with Crippen LogP contribution < -0.4 is 10.1 Å². The van der Waals surface area contributed by atoms with Crippen molar-refractivity contribution in [3.63, 3.8) is 0 Å². The normalized spacial score (nSPS) is 13.6. The van der Waals surface area contributed by atoms with Crippen molar-refractivity contribution >= 4 is 5.91 Å². The van der Waals surface area contributed by atoms with Gasteiger partial charge in [-0.1, -0.05) is 12.1 Å². The van der Waals surface area contributed by atoms with Crippen molar-refractivity contribution in [1.82, 2.24) is 15.1 Å². The van der Waals surface area contributed by atoms with Crippen molar-refractivity contribution in [2.45, 2.75) is 13.3 Å². The van der Waals surface area contributed by atoms with Gasteiger partial charge in [0.15, 0.2) is 0 Å². The Morgan fingerprint density at radius 1 is 1.24 bits per heavy atom. The van der Waals surface area contributed by atoms with Gasteiger partial charge in [0, 0.05) is 12.4 Å². The molecule has 2 aromatic carbocycles. The van der Waals surface area contributed by atoms with E-state index in [1.165, 1.54) is 5.56 Å². The van der Waals surface area contributed by atoms with E-state index < -0.39 is 0 Å². The molecule has 0 atom stereocenters. The molecule has 0 spiro atoms. The van der Waals surface area contributed by atoms with Crippen LogP contribution in [0.2, 0.25) is 0 Å². The van der Waals surface area contributed by atoms with Gasteiger partial charge in [-0.05, 0) is 60.4 Å². The van der Waals surface area contributed by atoms with Crippen LogP contribution in [-0.2, 0) is 6.42 Å². The molecular weight excluding hydrogens is 314 g/mol. The van der Waals surface area contributed by atoms with Gasteiger partial charge in [-0.3, -0.25) is 4.79 Å². The van der Waals surface area contributed by atoms with E-state index in [0.29, 0.717) is 24.5 Å². The van der Waals surface area contributed by atoms with E-state index in [-0.39, 0.29) is 5.91 Å². The summed E-state index contributed by atoms with van der Waals surface area (Å²) in [7, 11) is 0. The lowest BCUT2D eigenvalue weighted by atomic mass is 9.97. The number of aromatic nitrogens is 2. The molecule has 5 nitrogen and oxygen atoms in total. The second-order valence-corrected chi connectivity index (χ2v) is 6.17. The van der Waals surface area contributed by atoms with Gasteiger partial charge in [0.05, 0.1) is 17.8 Å². The van der Waals surface area contributed by atoms with Crippen LogP contribution in [0.3, 0.4) is 0 Å². The smallest absolute Gasteiger partial charge is 0.255 e. The summed E-state index contributed by atoms with van der Waals surface area (Å²) in [5, 5.41) is 7.10. The highest BCUT2D eigenvalue weighted by Crippen LogP contribution is 2.26. The number of hydrogen-bond donors (Lipinski definition) is 1. The molecule has 0 bridgehead atoms. The summed E-state index contributed by atoms with van der Waals surface area (Å²) < 4.78 is 7.50. The number of nitrogens with zero attached hydrogens (tertiary/aromatic N) is 2. The van der Waals surface area contributed by atoms with Gasteiger partial charge in [-0.25, -0.2) is 4.68 Å². The molecule has 1 aromatic heterocycles. The van der Waals surface area contributed by atoms with Gasteiger partial charge in [0.25, 0.3) is 5.91 Å². The Kier molecular flexibility index (Phi) is 3.98. The lowest BCUT2D eigenvalue weighted by molar-refractivity contribution is 0.0957. The maximum absolute atomic E-state index is 12.2. The molecule has 0 fully saturated rings. The fourth-order valence-corrected chi connectivity index (χ4v) is 3.04. The molecule has 126 valence electrons. The summed E-state index contributed by atoms with van der Waals surface area (Å²) in [6, 6.07) is 14.1. The highest BCUT2D eigenvalue weighted by molar-refractivity contribution is 5.97. The van der Waals surface area contributed by atoms with Crippen LogP contribution in [0.1, 0.15) is 27.0 Å². The predicted octanol–water partition coefficient (Wildman–Crippen LogP) is 2.89. The van der Waals surface area contributed by atoms with Crippen LogP contribution in [0, 0.1) is 6.92 Å². The molecule has 2 heterocycles. The molecule has 5 heteroatoms. The van der Waals surface area contributed by atoms with E-state index in [4.69, 9.17) is 4.74 Å². The van der Waals surface area contributed by atoms with Gasteiger partial charge in [0.2, 0.25) is 0 Å². The first-order valence-corrected chi connectivity index (χ1v) is 8.34. The molecular formula is C20H19N3O2. The fraction of sp³-hybridized carbons (Fsp3) is 0.200. The van der Waals surface area contributed by atoms with E-state index in [0.717, 1.165) is 23.2 Å². The Labute approximate surface area is 146 Å². The quantitative estimate of drug-likeness (QED) is 0.802. The van der Waals surface area contributed by atoms with Crippen LogP contribution in [0.15, 0.2) is 54.9 Å². The summed E-state index contributed by atoms with van der Waals surface area (Å²) in [4.78, 5) is 12.2. The number of amides is 1. The van der Waals surface area contributed by atoms with Crippen molar-refractivity contribution in [3.8, 4) is 11.4 Å². The van der Waals surface area contributed by atoms with Gasteiger partial charge in [-0.15, -0.1) is 0 Å². The lowest BCUT2D eigenvalue weighted by Crippen LogP contribution is -2.24. The van der Waals surface area contributed by atoms with E-state index in [1.807, 2.05) is 29.1 Å². The van der Waals surface area contributed by atoms with Crippen molar-refractivity contribution in [2.24, 2.45) is 0 Å². The zero-order valence-electron chi connectivity index (χ0n) is 14.0. The standard InChI is InChI=1S/C20H19N3O2/c1-14-11-19-18(20(24)21-8-10-25-19)13-16(14)12-15-3-5-17(6-4-15)23-9-2-7-22-23/h2-7,9,11,13H,8,10,12H2,1H3,(H,21,24). The van der Waals surface area contributed by atoms with Gasteiger partial charge in [-0.2, -0.15) is 5.10 Å². The minimum Gasteiger partial charge on any atom is -0.491 e. The first kappa shape index (κ1) is 15.4. The molecule has 3 aromatic rings. The van der Waals surface area contributed by atoms with Crippen LogP contribution in [0.5, 0.6) is 5.75 Å². The second kappa shape index (κ2) is 6.43. The number of carbonyl (C=O) groups excluding carboxylic acids is 1. The summed E-state index contributed by atoms with van der Waals surface area (Å²) in [5.74, 6) is 0.605. The number of aryl methyl sites for hydroxylation is 1. The van der Waals surface area contributed by atoms with Crippen LogP contribution in [-0.4, -0.2) is 28.8 Å². The van der Waals surface area contributed by atoms with Crippen molar-refractivity contribution in [2.75, 3.05) is 13.2 Å². The van der Waals surface area contributed by atoms with Crippen LogP contribution >= 0.6 is 0 Å². The van der Waals surface area contributed by atoms with Crippen LogP contribution in [0.4, 0.5) is 0 Å². The largest absolute Gasteiger partial charge is 0.491 e. The fourth-order valence-electron chi connectivity index (χ4n) is 3.04. The Morgan fingerprint density at radius 2 is 2.08 bits per heavy atom. The first-order chi connectivity index (χ1) is 12.2. The Balaban J connectivity index is 1.61. The molecule has 1 N–H and O–H groups in total. The average molecular weight is 333 g/mol. The molecule has 1 aliphatic heterocycles. The van der Waals surface area contributed by atoms with Crippen molar-refractivity contribution in [1.29, 1.82) is 0 Å². The highest BCUT2D eigenvalue weighted by Gasteiger charge is 2.18. The third kappa shape index (κ3) is 3.13. The summed E-state index contributed by atoms with van der Waals surface area (Å²) >= 11 is 0. The number of benzene rings is 2. The van der Waals surface area contributed by atoms with E-state index in [9.17, 15) is 4.79 Å². The summed E-state index contributed by atoms with van der Waals surface area (Å²) in [6.07, 6.45) is 4.45. The predicted molar refractivity (Wildman–Crippen MR) is 95.4 cm³/mol. The first-order valence-electron chi connectivity index (χ1n) is 8.34. The van der Waals surface area contributed by atoms with Gasteiger partial charge < -0.3 is 10.1 Å². The monoisotopic (exact) mass is 333 g/mol. The number of nitrogens with one attached hydrogen (secondary N) is 1. The number of rotatable bonds is 3. The van der Waals surface area contributed by atoms with Crippen LogP contribution in [0.25, 0.3) is 5.69 Å². The third-order valence-electron chi connectivity index (χ3n) is 4.43. The lowest BCUT2D eigenvalue weighted by Gasteiger charge is -2.12. The Bertz CT molecular complexity index is 899. The van der Waals surface area contributed by atoms with E-state index in [1.54, 1.807) is 6.20 Å². The number of carbonyl (C=O) groups is 1. The molecule has 25 heavy (non-hydrogen) atoms. The molecule has 0 radical (unpaired) electrons. The molecule has 1 amide bonds. The molecule has 4 rings (SSSR count). The van der Waals surface area contributed by atoms with E-state index in [2.05, 4.69) is 41.6 Å².